The lowest BCUT2D eigenvalue weighted by Gasteiger charge is -2.29. The van der Waals surface area contributed by atoms with Gasteiger partial charge in [0.25, 0.3) is 0 Å². The van der Waals surface area contributed by atoms with E-state index in [1.54, 1.807) is 25.3 Å². The average Bonchev–Trinajstić information content (AvgIpc) is 2.83. The minimum absolute atomic E-state index is 0.146. The number of likely N-dealkylation sites (tertiary alicyclic amines) is 1. The molecule has 0 aliphatic carbocycles. The van der Waals surface area contributed by atoms with Crippen molar-refractivity contribution < 1.29 is 17.2 Å². The first kappa shape index (κ1) is 27.6. The van der Waals surface area contributed by atoms with Crippen molar-refractivity contribution in [2.75, 3.05) is 35.5 Å². The lowest BCUT2D eigenvalue weighted by molar-refractivity contribution is 0.252. The number of sulfonamides is 1. The lowest BCUT2D eigenvalue weighted by atomic mass is 9.90. The Hall–Kier alpha value is -3.38. The van der Waals surface area contributed by atoms with Crippen LogP contribution in [0.15, 0.2) is 36.5 Å². The zero-order valence-corrected chi connectivity index (χ0v) is 23.0. The molecule has 0 saturated carbocycles. The second-order valence-corrected chi connectivity index (χ2v) is 13.0. The van der Waals surface area contributed by atoms with E-state index in [2.05, 4.69) is 42.3 Å². The Kier molecular flexibility index (Phi) is 7.84. The van der Waals surface area contributed by atoms with E-state index >= 15 is 0 Å². The molecule has 3 N–H and O–H groups in total. The van der Waals surface area contributed by atoms with Gasteiger partial charge in [0.05, 0.1) is 10.4 Å². The molecule has 3 heterocycles. The fourth-order valence-electron chi connectivity index (χ4n) is 4.00. The molecule has 12 heteroatoms. The molecule has 1 aliphatic heterocycles. The van der Waals surface area contributed by atoms with E-state index in [0.717, 1.165) is 32.0 Å². The molecule has 0 bridgehead atoms. The van der Waals surface area contributed by atoms with Crippen molar-refractivity contribution in [1.82, 2.24) is 19.9 Å². The number of nitrogens with one attached hydrogen (secondary N) is 3. The first-order valence-electron chi connectivity index (χ1n) is 12.4. The highest BCUT2D eigenvalue weighted by molar-refractivity contribution is 7.94. The molecular weight excluding hydrogens is 512 g/mol. The van der Waals surface area contributed by atoms with Crippen molar-refractivity contribution in [3.63, 3.8) is 0 Å². The van der Waals surface area contributed by atoms with Gasteiger partial charge in [-0.2, -0.15) is 9.37 Å². The molecule has 2 aromatic heterocycles. The predicted octanol–water partition coefficient (Wildman–Crippen LogP) is 5.29. The van der Waals surface area contributed by atoms with E-state index in [4.69, 9.17) is 0 Å². The molecule has 0 radical (unpaired) electrons. The summed E-state index contributed by atoms with van der Waals surface area (Å²) in [5, 5.41) is 6.00. The van der Waals surface area contributed by atoms with Crippen molar-refractivity contribution in [2.45, 2.75) is 51.2 Å². The highest BCUT2D eigenvalue weighted by atomic mass is 32.2. The van der Waals surface area contributed by atoms with Crippen LogP contribution < -0.4 is 15.4 Å². The van der Waals surface area contributed by atoms with Gasteiger partial charge in [-0.3, -0.25) is 4.72 Å². The van der Waals surface area contributed by atoms with Gasteiger partial charge in [0.1, 0.15) is 17.5 Å². The van der Waals surface area contributed by atoms with Gasteiger partial charge >= 0.3 is 0 Å². The van der Waals surface area contributed by atoms with Gasteiger partial charge in [0.2, 0.25) is 21.9 Å². The maximum atomic E-state index is 14.8. The number of rotatable bonds is 7. The van der Waals surface area contributed by atoms with Crippen molar-refractivity contribution in [3.8, 4) is 0 Å². The third-order valence-corrected chi connectivity index (χ3v) is 8.63. The number of piperidine rings is 1. The topological polar surface area (TPSA) is 112 Å². The lowest BCUT2D eigenvalue weighted by Crippen LogP contribution is -2.34. The van der Waals surface area contributed by atoms with Gasteiger partial charge < -0.3 is 15.5 Å². The molecule has 1 aromatic carbocycles. The zero-order chi connectivity index (χ0) is 27.7. The SMILES string of the molecule is Cc1cnc(Nc2ccc(C3CCN(C)CC3)c(F)n2)nc1Nc1ccc(F)c(NS(=O)(=O)C(C)(C)C)c1. The molecule has 0 atom stereocenters. The molecule has 9 nitrogen and oxygen atoms in total. The fraction of sp³-hybridized carbons (Fsp3) is 0.423. The number of halogens is 2. The summed E-state index contributed by atoms with van der Waals surface area (Å²) in [6.07, 6.45) is 3.36. The summed E-state index contributed by atoms with van der Waals surface area (Å²) in [6, 6.07) is 7.45. The minimum atomic E-state index is -3.82. The second-order valence-electron chi connectivity index (χ2n) is 10.5. The van der Waals surface area contributed by atoms with E-state index in [1.807, 2.05) is 0 Å². The van der Waals surface area contributed by atoms with Gasteiger partial charge in [-0.25, -0.2) is 22.8 Å². The van der Waals surface area contributed by atoms with Crippen molar-refractivity contribution in [3.05, 3.63) is 59.4 Å². The quantitative estimate of drug-likeness (QED) is 0.343. The van der Waals surface area contributed by atoms with E-state index in [-0.39, 0.29) is 23.4 Å². The third kappa shape index (κ3) is 6.36. The van der Waals surface area contributed by atoms with Crippen LogP contribution >= 0.6 is 0 Å². The Morgan fingerprint density at radius 3 is 2.39 bits per heavy atom. The summed E-state index contributed by atoms with van der Waals surface area (Å²) in [7, 11) is -1.76. The molecule has 0 unspecified atom stereocenters. The maximum Gasteiger partial charge on any atom is 0.237 e. The zero-order valence-electron chi connectivity index (χ0n) is 22.1. The monoisotopic (exact) mass is 545 g/mol. The van der Waals surface area contributed by atoms with Crippen LogP contribution in [0.25, 0.3) is 0 Å². The summed E-state index contributed by atoms with van der Waals surface area (Å²) in [5.74, 6) is -0.203. The van der Waals surface area contributed by atoms with Gasteiger partial charge in [0, 0.05) is 23.0 Å². The van der Waals surface area contributed by atoms with Crippen LogP contribution in [0, 0.1) is 18.7 Å². The summed E-state index contributed by atoms with van der Waals surface area (Å²) >= 11 is 0. The molecule has 1 aliphatic rings. The Balaban J connectivity index is 1.51. The number of hydrogen-bond acceptors (Lipinski definition) is 8. The van der Waals surface area contributed by atoms with Crippen LogP contribution in [0.4, 0.5) is 37.7 Å². The van der Waals surface area contributed by atoms with E-state index in [1.165, 1.54) is 32.9 Å². The Bertz CT molecular complexity index is 1420. The van der Waals surface area contributed by atoms with E-state index in [9.17, 15) is 17.2 Å². The number of nitrogens with zero attached hydrogens (tertiary/aromatic N) is 4. The van der Waals surface area contributed by atoms with Crippen LogP contribution in [0.1, 0.15) is 50.7 Å². The third-order valence-electron chi connectivity index (χ3n) is 6.53. The molecule has 0 spiro atoms. The van der Waals surface area contributed by atoms with E-state index < -0.39 is 26.5 Å². The van der Waals surface area contributed by atoms with Crippen molar-refractivity contribution in [1.29, 1.82) is 0 Å². The van der Waals surface area contributed by atoms with Crippen LogP contribution in [0.5, 0.6) is 0 Å². The summed E-state index contributed by atoms with van der Waals surface area (Å²) in [6.45, 7) is 8.21. The molecule has 4 rings (SSSR count). The summed E-state index contributed by atoms with van der Waals surface area (Å²) in [5.41, 5.74) is 1.54. The van der Waals surface area contributed by atoms with Crippen molar-refractivity contribution >= 4 is 39.0 Å². The molecule has 38 heavy (non-hydrogen) atoms. The maximum absolute atomic E-state index is 14.8. The first-order valence-corrected chi connectivity index (χ1v) is 13.9. The molecule has 3 aromatic rings. The smallest absolute Gasteiger partial charge is 0.237 e. The molecular formula is C26H33F2N7O2S. The molecule has 0 amide bonds. The minimum Gasteiger partial charge on any atom is -0.340 e. The van der Waals surface area contributed by atoms with Crippen LogP contribution in [-0.4, -0.2) is 53.2 Å². The molecule has 1 saturated heterocycles. The van der Waals surface area contributed by atoms with E-state index in [0.29, 0.717) is 22.6 Å². The number of aromatic nitrogens is 3. The standard InChI is InChI=1S/C26H33F2N7O2S/c1-16-15-29-25(32-22-9-7-19(23(28)31-22)17-10-12-35(5)13-11-17)33-24(16)30-18-6-8-20(27)21(14-18)34-38(36,37)26(2,3)4/h6-9,14-15,17,34H,10-13H2,1-5H3,(H2,29,30,31,32,33). The van der Waals surface area contributed by atoms with Gasteiger partial charge in [-0.15, -0.1) is 0 Å². The summed E-state index contributed by atoms with van der Waals surface area (Å²) < 4.78 is 55.4. The number of anilines is 5. The summed E-state index contributed by atoms with van der Waals surface area (Å²) in [4.78, 5) is 15.0. The predicted molar refractivity (Wildman–Crippen MR) is 146 cm³/mol. The highest BCUT2D eigenvalue weighted by Gasteiger charge is 2.30. The fourth-order valence-corrected chi connectivity index (χ4v) is 4.75. The Morgan fingerprint density at radius 2 is 1.74 bits per heavy atom. The van der Waals surface area contributed by atoms with Gasteiger partial charge in [-0.05, 0) is 90.9 Å². The van der Waals surface area contributed by atoms with Crippen LogP contribution in [0.2, 0.25) is 0 Å². The molecule has 204 valence electrons. The number of pyridine rings is 1. The van der Waals surface area contributed by atoms with Gasteiger partial charge in [0.15, 0.2) is 0 Å². The number of benzene rings is 1. The number of hydrogen-bond donors (Lipinski definition) is 3. The van der Waals surface area contributed by atoms with Crippen LogP contribution in [0.3, 0.4) is 0 Å². The second kappa shape index (κ2) is 10.8. The van der Waals surface area contributed by atoms with Crippen LogP contribution in [-0.2, 0) is 10.0 Å². The highest BCUT2D eigenvalue weighted by Crippen LogP contribution is 2.30. The Labute approximate surface area is 222 Å². The normalized spacial score (nSPS) is 15.3. The first-order chi connectivity index (χ1) is 17.8. The molecule has 1 fully saturated rings. The van der Waals surface area contributed by atoms with Gasteiger partial charge in [-0.1, -0.05) is 6.07 Å². The average molecular weight is 546 g/mol. The number of aryl methyl sites for hydroxylation is 1. The largest absolute Gasteiger partial charge is 0.340 e. The Morgan fingerprint density at radius 1 is 1.03 bits per heavy atom. The van der Waals surface area contributed by atoms with Crippen molar-refractivity contribution in [2.24, 2.45) is 0 Å².